The van der Waals surface area contributed by atoms with E-state index < -0.39 is 0 Å². The zero-order chi connectivity index (χ0) is 20.4. The fraction of sp³-hybridized carbons (Fsp3) is 0.455. The molecule has 1 fully saturated rings. The third-order valence-electron chi connectivity index (χ3n) is 5.63. The summed E-state index contributed by atoms with van der Waals surface area (Å²) < 4.78 is 28.1. The molecule has 4 unspecified atom stereocenters. The van der Waals surface area contributed by atoms with Crippen LogP contribution >= 0.6 is 0 Å². The molecule has 0 bridgehead atoms. The van der Waals surface area contributed by atoms with Crippen LogP contribution < -0.4 is 18.9 Å². The fourth-order valence-corrected chi connectivity index (χ4v) is 3.86. The molecule has 2 aromatic rings. The smallest absolute Gasteiger partial charge is 0.203 e. The second-order valence-electron chi connectivity index (χ2n) is 7.09. The van der Waals surface area contributed by atoms with Gasteiger partial charge in [-0.05, 0) is 47.2 Å². The highest BCUT2D eigenvalue weighted by Crippen LogP contribution is 2.51. The molecular formula is C22H28O6. The molecule has 0 aromatic heterocycles. The number of hydrogen-bond donors (Lipinski definition) is 1. The summed E-state index contributed by atoms with van der Waals surface area (Å²) in [7, 11) is 6.34. The molecule has 1 heterocycles. The molecule has 1 saturated heterocycles. The van der Waals surface area contributed by atoms with E-state index in [1.165, 1.54) is 0 Å². The Kier molecular flexibility index (Phi) is 5.89. The highest BCUT2D eigenvalue weighted by Gasteiger charge is 2.41. The van der Waals surface area contributed by atoms with Gasteiger partial charge in [-0.2, -0.15) is 0 Å². The van der Waals surface area contributed by atoms with E-state index in [-0.39, 0.29) is 29.8 Å². The van der Waals surface area contributed by atoms with Crippen molar-refractivity contribution < 1.29 is 28.8 Å². The summed E-state index contributed by atoms with van der Waals surface area (Å²) in [6, 6.07) is 9.23. The van der Waals surface area contributed by atoms with Gasteiger partial charge in [0.2, 0.25) is 5.75 Å². The largest absolute Gasteiger partial charge is 0.504 e. The van der Waals surface area contributed by atoms with E-state index in [9.17, 15) is 5.11 Å². The lowest BCUT2D eigenvalue weighted by atomic mass is 9.85. The minimum atomic E-state index is -0.131. The summed E-state index contributed by atoms with van der Waals surface area (Å²) in [6.45, 7) is 4.35. The van der Waals surface area contributed by atoms with E-state index in [4.69, 9.17) is 23.7 Å². The number of rotatable bonds is 6. The summed E-state index contributed by atoms with van der Waals surface area (Å²) in [5.74, 6) is 2.85. The minimum absolute atomic E-state index is 0.117. The second-order valence-corrected chi connectivity index (χ2v) is 7.09. The van der Waals surface area contributed by atoms with Crippen molar-refractivity contribution in [1.82, 2.24) is 0 Å². The number of benzene rings is 2. The first kappa shape index (κ1) is 20.1. The summed E-state index contributed by atoms with van der Waals surface area (Å²) in [4.78, 5) is 0. The van der Waals surface area contributed by atoms with E-state index in [1.54, 1.807) is 34.5 Å². The van der Waals surface area contributed by atoms with Gasteiger partial charge in [0, 0.05) is 0 Å². The Morgan fingerprint density at radius 1 is 0.714 bits per heavy atom. The molecular weight excluding hydrogens is 360 g/mol. The van der Waals surface area contributed by atoms with Gasteiger partial charge in [0.05, 0.1) is 40.6 Å². The number of hydrogen-bond acceptors (Lipinski definition) is 6. The number of methoxy groups -OCH3 is 4. The van der Waals surface area contributed by atoms with E-state index in [0.717, 1.165) is 11.1 Å². The quantitative estimate of drug-likeness (QED) is 0.785. The Balaban J connectivity index is 1.97. The number of phenols is 1. The van der Waals surface area contributed by atoms with Gasteiger partial charge >= 0.3 is 0 Å². The van der Waals surface area contributed by atoms with Crippen LogP contribution in [-0.2, 0) is 4.74 Å². The molecule has 0 radical (unpaired) electrons. The van der Waals surface area contributed by atoms with E-state index >= 15 is 0 Å². The lowest BCUT2D eigenvalue weighted by Gasteiger charge is -2.20. The highest BCUT2D eigenvalue weighted by atomic mass is 16.5. The molecule has 1 N–H and O–H groups in total. The van der Waals surface area contributed by atoms with Crippen molar-refractivity contribution in [2.24, 2.45) is 11.8 Å². The zero-order valence-corrected chi connectivity index (χ0v) is 17.2. The van der Waals surface area contributed by atoms with Crippen molar-refractivity contribution >= 4 is 0 Å². The maximum atomic E-state index is 9.88. The standard InChI is InChI=1S/C22H28O6/c1-12-13(2)21(15-10-18(25-4)22(27-6)19(11-15)26-5)28-20(12)14-7-8-16(23)17(9-14)24-3/h7-13,20-21,23H,1-6H3. The van der Waals surface area contributed by atoms with Crippen LogP contribution in [0, 0.1) is 11.8 Å². The van der Waals surface area contributed by atoms with Crippen molar-refractivity contribution in [2.45, 2.75) is 26.1 Å². The van der Waals surface area contributed by atoms with E-state index in [2.05, 4.69) is 13.8 Å². The van der Waals surface area contributed by atoms with Crippen molar-refractivity contribution in [2.75, 3.05) is 28.4 Å². The molecule has 6 heteroatoms. The van der Waals surface area contributed by atoms with Crippen molar-refractivity contribution in [3.63, 3.8) is 0 Å². The van der Waals surface area contributed by atoms with Crippen LogP contribution in [-0.4, -0.2) is 33.5 Å². The molecule has 6 nitrogen and oxygen atoms in total. The van der Waals surface area contributed by atoms with Crippen molar-refractivity contribution in [1.29, 1.82) is 0 Å². The molecule has 0 spiro atoms. The van der Waals surface area contributed by atoms with Gasteiger partial charge in [-0.15, -0.1) is 0 Å². The Bertz CT molecular complexity index is 809. The first-order chi connectivity index (χ1) is 13.4. The van der Waals surface area contributed by atoms with Crippen molar-refractivity contribution in [3.05, 3.63) is 41.5 Å². The first-order valence-corrected chi connectivity index (χ1v) is 9.27. The van der Waals surface area contributed by atoms with Crippen LogP contribution in [0.1, 0.15) is 37.2 Å². The first-order valence-electron chi connectivity index (χ1n) is 9.27. The van der Waals surface area contributed by atoms with Crippen LogP contribution in [0.2, 0.25) is 0 Å². The second kappa shape index (κ2) is 8.19. The van der Waals surface area contributed by atoms with Crippen LogP contribution in [0.5, 0.6) is 28.7 Å². The van der Waals surface area contributed by atoms with E-state index in [0.29, 0.717) is 23.0 Å². The van der Waals surface area contributed by atoms with Crippen LogP contribution in [0.25, 0.3) is 0 Å². The van der Waals surface area contributed by atoms with Gasteiger partial charge in [-0.25, -0.2) is 0 Å². The molecule has 0 amide bonds. The molecule has 4 atom stereocenters. The topological polar surface area (TPSA) is 66.4 Å². The molecule has 2 aromatic carbocycles. The zero-order valence-electron chi connectivity index (χ0n) is 17.2. The third-order valence-corrected chi connectivity index (χ3v) is 5.63. The third kappa shape index (κ3) is 3.44. The van der Waals surface area contributed by atoms with Gasteiger partial charge in [0.1, 0.15) is 0 Å². The number of aromatic hydroxyl groups is 1. The Hall–Kier alpha value is -2.60. The summed E-state index contributed by atoms with van der Waals surface area (Å²) >= 11 is 0. The predicted octanol–water partition coefficient (Wildman–Crippen LogP) is 4.51. The predicted molar refractivity (Wildman–Crippen MR) is 106 cm³/mol. The van der Waals surface area contributed by atoms with Gasteiger partial charge in [-0.3, -0.25) is 0 Å². The molecule has 0 saturated carbocycles. The lowest BCUT2D eigenvalue weighted by molar-refractivity contribution is 0.0286. The SMILES string of the molecule is COc1cc(C2OC(c3cc(OC)c(OC)c(OC)c3)C(C)C2C)ccc1O. The molecule has 1 aliphatic heterocycles. The number of phenolic OH excluding ortho intramolecular Hbond substituents is 1. The molecule has 1 aliphatic rings. The highest BCUT2D eigenvalue weighted by molar-refractivity contribution is 5.54. The van der Waals surface area contributed by atoms with Gasteiger partial charge in [0.15, 0.2) is 23.0 Å². The van der Waals surface area contributed by atoms with Gasteiger partial charge in [0.25, 0.3) is 0 Å². The lowest BCUT2D eigenvalue weighted by Crippen LogP contribution is -2.10. The average molecular weight is 388 g/mol. The summed E-state index contributed by atoms with van der Waals surface area (Å²) in [6.07, 6.45) is -0.248. The van der Waals surface area contributed by atoms with Crippen LogP contribution in [0.15, 0.2) is 30.3 Å². The normalized spacial score (nSPS) is 24.1. The summed E-state index contributed by atoms with van der Waals surface area (Å²) in [5, 5.41) is 9.88. The Labute approximate surface area is 165 Å². The summed E-state index contributed by atoms with van der Waals surface area (Å²) in [5.41, 5.74) is 1.95. The molecule has 152 valence electrons. The molecule has 3 rings (SSSR count). The van der Waals surface area contributed by atoms with E-state index in [1.807, 2.05) is 24.3 Å². The molecule has 28 heavy (non-hydrogen) atoms. The minimum Gasteiger partial charge on any atom is -0.504 e. The number of ether oxygens (including phenoxy) is 5. The maximum absolute atomic E-state index is 9.88. The van der Waals surface area contributed by atoms with Gasteiger partial charge < -0.3 is 28.8 Å². The van der Waals surface area contributed by atoms with Gasteiger partial charge in [-0.1, -0.05) is 19.9 Å². The monoisotopic (exact) mass is 388 g/mol. The van der Waals surface area contributed by atoms with Crippen LogP contribution in [0.4, 0.5) is 0 Å². The average Bonchev–Trinajstić information content (AvgIpc) is 3.02. The van der Waals surface area contributed by atoms with Crippen molar-refractivity contribution in [3.8, 4) is 28.7 Å². The molecule has 0 aliphatic carbocycles. The Morgan fingerprint density at radius 2 is 1.21 bits per heavy atom. The fourth-order valence-electron chi connectivity index (χ4n) is 3.86. The van der Waals surface area contributed by atoms with Crippen LogP contribution in [0.3, 0.4) is 0 Å². The maximum Gasteiger partial charge on any atom is 0.203 e. The Morgan fingerprint density at radius 3 is 1.71 bits per heavy atom.